The number of hydrogen-bond acceptors (Lipinski definition) is 3. The van der Waals surface area contributed by atoms with Crippen molar-refractivity contribution in [2.45, 2.75) is 39.0 Å². The summed E-state index contributed by atoms with van der Waals surface area (Å²) < 4.78 is 5.29. The van der Waals surface area contributed by atoms with Gasteiger partial charge in [0.05, 0.1) is 0 Å². The van der Waals surface area contributed by atoms with Gasteiger partial charge in [-0.25, -0.2) is 0 Å². The van der Waals surface area contributed by atoms with Crippen molar-refractivity contribution in [3.8, 4) is 5.75 Å². The Hall–Kier alpha value is -2.68. The molecule has 3 heteroatoms. The topological polar surface area (TPSA) is 43.4 Å². The summed E-state index contributed by atoms with van der Waals surface area (Å²) in [5.74, 6) is 0.171. The number of allylic oxidation sites excluding steroid dienone is 1. The number of carbonyl (C=O) groups excluding carboxylic acids is 2. The van der Waals surface area contributed by atoms with Gasteiger partial charge in [-0.05, 0) is 42.3 Å². The molecule has 130 valence electrons. The van der Waals surface area contributed by atoms with Crippen LogP contribution in [0.2, 0.25) is 0 Å². The van der Waals surface area contributed by atoms with Crippen LogP contribution in [0, 0.1) is 0 Å². The Morgan fingerprint density at radius 2 is 1.64 bits per heavy atom. The van der Waals surface area contributed by atoms with E-state index < -0.39 is 0 Å². The maximum Gasteiger partial charge on any atom is 0.311 e. The fourth-order valence-electron chi connectivity index (χ4n) is 2.40. The second kappa shape index (κ2) is 10.2. The van der Waals surface area contributed by atoms with E-state index in [0.29, 0.717) is 17.7 Å². The van der Waals surface area contributed by atoms with Crippen LogP contribution in [-0.2, 0) is 4.79 Å². The first kappa shape index (κ1) is 18.7. The molecule has 0 aliphatic carbocycles. The first-order chi connectivity index (χ1) is 12.2. The number of rotatable bonds is 9. The molecule has 0 N–H and O–H groups in total. The van der Waals surface area contributed by atoms with Gasteiger partial charge in [0, 0.05) is 12.0 Å². The SMILES string of the molecule is CCCCCCC(=O)Oc1ccc(C(=O)/C=C/c2ccccc2)cc1. The van der Waals surface area contributed by atoms with Crippen molar-refractivity contribution in [1.82, 2.24) is 0 Å². The molecule has 0 aliphatic heterocycles. The van der Waals surface area contributed by atoms with Crippen LogP contribution in [0.3, 0.4) is 0 Å². The van der Waals surface area contributed by atoms with Gasteiger partial charge in [-0.2, -0.15) is 0 Å². The summed E-state index contributed by atoms with van der Waals surface area (Å²) in [6.45, 7) is 2.14. The smallest absolute Gasteiger partial charge is 0.311 e. The Labute approximate surface area is 149 Å². The second-order valence-corrected chi connectivity index (χ2v) is 5.92. The first-order valence-corrected chi connectivity index (χ1v) is 8.77. The Morgan fingerprint density at radius 3 is 2.32 bits per heavy atom. The van der Waals surface area contributed by atoms with E-state index in [0.717, 1.165) is 31.2 Å². The minimum absolute atomic E-state index is 0.0821. The van der Waals surface area contributed by atoms with Gasteiger partial charge >= 0.3 is 5.97 Å². The third-order valence-electron chi connectivity index (χ3n) is 3.83. The van der Waals surface area contributed by atoms with E-state index in [2.05, 4.69) is 6.92 Å². The fraction of sp³-hybridized carbons (Fsp3) is 0.273. The molecule has 0 atom stereocenters. The number of benzene rings is 2. The average Bonchev–Trinajstić information content (AvgIpc) is 2.65. The van der Waals surface area contributed by atoms with Gasteiger partial charge in [0.25, 0.3) is 0 Å². The van der Waals surface area contributed by atoms with Gasteiger partial charge in [0.2, 0.25) is 0 Å². The number of ether oxygens (including phenoxy) is 1. The van der Waals surface area contributed by atoms with Crippen LogP contribution >= 0.6 is 0 Å². The average molecular weight is 336 g/mol. The lowest BCUT2D eigenvalue weighted by atomic mass is 10.1. The molecule has 0 heterocycles. The van der Waals surface area contributed by atoms with Crippen LogP contribution in [0.15, 0.2) is 60.7 Å². The molecule has 0 radical (unpaired) electrons. The third-order valence-corrected chi connectivity index (χ3v) is 3.83. The molecule has 0 unspecified atom stereocenters. The van der Waals surface area contributed by atoms with E-state index in [1.165, 1.54) is 0 Å². The van der Waals surface area contributed by atoms with Gasteiger partial charge < -0.3 is 4.74 Å². The first-order valence-electron chi connectivity index (χ1n) is 8.77. The maximum absolute atomic E-state index is 12.2. The standard InChI is InChI=1S/C22H24O3/c1-2-3-4-8-11-22(24)25-20-15-13-19(14-16-20)21(23)17-12-18-9-6-5-7-10-18/h5-7,9-10,12-17H,2-4,8,11H2,1H3/b17-12+. The zero-order valence-electron chi connectivity index (χ0n) is 14.6. The number of unbranched alkanes of at least 4 members (excludes halogenated alkanes) is 3. The molecule has 0 amide bonds. The predicted octanol–water partition coefficient (Wildman–Crippen LogP) is 5.46. The van der Waals surface area contributed by atoms with Gasteiger partial charge in [-0.1, -0.05) is 62.6 Å². The summed E-state index contributed by atoms with van der Waals surface area (Å²) in [6, 6.07) is 16.3. The predicted molar refractivity (Wildman–Crippen MR) is 101 cm³/mol. The Morgan fingerprint density at radius 1 is 0.920 bits per heavy atom. The Bertz CT molecular complexity index is 700. The summed E-state index contributed by atoms with van der Waals surface area (Å²) in [7, 11) is 0. The van der Waals surface area contributed by atoms with Crippen molar-refractivity contribution in [2.24, 2.45) is 0 Å². The molecular weight excluding hydrogens is 312 g/mol. The zero-order chi connectivity index (χ0) is 17.9. The summed E-state index contributed by atoms with van der Waals surface area (Å²) in [5, 5.41) is 0. The van der Waals surface area contributed by atoms with Crippen LogP contribution in [-0.4, -0.2) is 11.8 Å². The van der Waals surface area contributed by atoms with Gasteiger partial charge in [-0.15, -0.1) is 0 Å². The van der Waals surface area contributed by atoms with Crippen molar-refractivity contribution < 1.29 is 14.3 Å². The Kier molecular flexibility index (Phi) is 7.64. The third kappa shape index (κ3) is 6.76. The highest BCUT2D eigenvalue weighted by Gasteiger charge is 2.06. The van der Waals surface area contributed by atoms with Crippen molar-refractivity contribution >= 4 is 17.8 Å². The van der Waals surface area contributed by atoms with Crippen molar-refractivity contribution in [3.05, 3.63) is 71.8 Å². The molecule has 2 aromatic carbocycles. The van der Waals surface area contributed by atoms with E-state index in [9.17, 15) is 9.59 Å². The van der Waals surface area contributed by atoms with Crippen LogP contribution in [0.4, 0.5) is 0 Å². The maximum atomic E-state index is 12.2. The van der Waals surface area contributed by atoms with E-state index in [1.807, 2.05) is 30.3 Å². The molecule has 0 saturated heterocycles. The van der Waals surface area contributed by atoms with Crippen molar-refractivity contribution in [1.29, 1.82) is 0 Å². The van der Waals surface area contributed by atoms with E-state index in [1.54, 1.807) is 36.4 Å². The lowest BCUT2D eigenvalue weighted by Crippen LogP contribution is -2.07. The zero-order valence-corrected chi connectivity index (χ0v) is 14.6. The van der Waals surface area contributed by atoms with Crippen LogP contribution in [0.1, 0.15) is 54.9 Å². The molecule has 0 saturated carbocycles. The van der Waals surface area contributed by atoms with E-state index in [4.69, 9.17) is 4.74 Å². The fourth-order valence-corrected chi connectivity index (χ4v) is 2.40. The lowest BCUT2D eigenvalue weighted by molar-refractivity contribution is -0.134. The van der Waals surface area contributed by atoms with Crippen LogP contribution in [0.5, 0.6) is 5.75 Å². The molecule has 0 spiro atoms. The minimum atomic E-state index is -0.223. The molecule has 0 aromatic heterocycles. The molecule has 25 heavy (non-hydrogen) atoms. The highest BCUT2D eigenvalue weighted by Crippen LogP contribution is 2.15. The Balaban J connectivity index is 1.85. The highest BCUT2D eigenvalue weighted by molar-refractivity contribution is 6.06. The molecule has 2 aromatic rings. The largest absolute Gasteiger partial charge is 0.427 e. The van der Waals surface area contributed by atoms with Crippen LogP contribution in [0.25, 0.3) is 6.08 Å². The van der Waals surface area contributed by atoms with Gasteiger partial charge in [-0.3, -0.25) is 9.59 Å². The summed E-state index contributed by atoms with van der Waals surface area (Å²) in [5.41, 5.74) is 1.54. The molecular formula is C22H24O3. The normalized spacial score (nSPS) is 10.8. The van der Waals surface area contributed by atoms with Crippen LogP contribution < -0.4 is 4.74 Å². The van der Waals surface area contributed by atoms with E-state index >= 15 is 0 Å². The number of carbonyl (C=O) groups is 2. The van der Waals surface area contributed by atoms with Crippen molar-refractivity contribution in [3.63, 3.8) is 0 Å². The van der Waals surface area contributed by atoms with E-state index in [-0.39, 0.29) is 11.8 Å². The number of hydrogen-bond donors (Lipinski definition) is 0. The van der Waals surface area contributed by atoms with Gasteiger partial charge in [0.1, 0.15) is 5.75 Å². The minimum Gasteiger partial charge on any atom is -0.427 e. The second-order valence-electron chi connectivity index (χ2n) is 5.92. The van der Waals surface area contributed by atoms with Crippen molar-refractivity contribution in [2.75, 3.05) is 0 Å². The van der Waals surface area contributed by atoms with Gasteiger partial charge in [0.15, 0.2) is 5.78 Å². The quantitative estimate of drug-likeness (QED) is 0.201. The summed E-state index contributed by atoms with van der Waals surface area (Å²) in [6.07, 6.45) is 7.95. The number of ketones is 1. The molecule has 0 fully saturated rings. The monoisotopic (exact) mass is 336 g/mol. The molecule has 0 aliphatic rings. The highest BCUT2D eigenvalue weighted by atomic mass is 16.5. The summed E-state index contributed by atoms with van der Waals surface area (Å²) in [4.78, 5) is 23.9. The molecule has 3 nitrogen and oxygen atoms in total. The lowest BCUT2D eigenvalue weighted by Gasteiger charge is -2.05. The molecule has 2 rings (SSSR count). The molecule has 0 bridgehead atoms. The number of esters is 1. The summed E-state index contributed by atoms with van der Waals surface area (Å²) >= 11 is 0.